The van der Waals surface area contributed by atoms with Crippen LogP contribution in [0.25, 0.3) is 0 Å². The summed E-state index contributed by atoms with van der Waals surface area (Å²) in [5, 5.41) is 0. The van der Waals surface area contributed by atoms with Gasteiger partial charge in [-0.3, -0.25) is 0 Å². The van der Waals surface area contributed by atoms with Crippen molar-refractivity contribution in [2.24, 2.45) is 0 Å². The molecule has 0 spiro atoms. The van der Waals surface area contributed by atoms with Gasteiger partial charge < -0.3 is 0 Å². The van der Waals surface area contributed by atoms with Crippen LogP contribution in [0.2, 0.25) is 11.6 Å². The van der Waals surface area contributed by atoms with Crippen molar-refractivity contribution < 1.29 is 0 Å². The molecule has 0 N–H and O–H groups in total. The fraction of sp³-hybridized carbons (Fsp3) is 0.400. The topological polar surface area (TPSA) is 17.1 Å². The first-order chi connectivity index (χ1) is 3.81. The van der Waals surface area contributed by atoms with Gasteiger partial charge in [0.1, 0.15) is 0 Å². The van der Waals surface area contributed by atoms with Crippen molar-refractivity contribution in [3.63, 3.8) is 0 Å². The quantitative estimate of drug-likeness (QED) is 0.586. The Morgan fingerprint density at radius 3 is 1.62 bits per heavy atom. The van der Waals surface area contributed by atoms with Crippen molar-refractivity contribution in [3.8, 4) is 0 Å². The van der Waals surface area contributed by atoms with Crippen LogP contribution in [-0.2, 0) is 0 Å². The maximum absolute atomic E-state index is 10.6. The molecule has 0 heterocycles. The Hall–Kier alpha value is 0.449. The van der Waals surface area contributed by atoms with Gasteiger partial charge in [-0.05, 0) is 0 Å². The first kappa shape index (κ1) is 6.57. The molecule has 0 saturated heterocycles. The van der Waals surface area contributed by atoms with Gasteiger partial charge in [0, 0.05) is 0 Å². The Labute approximate surface area is 60.9 Å². The van der Waals surface area contributed by atoms with Gasteiger partial charge in [-0.2, -0.15) is 0 Å². The molecule has 0 aliphatic carbocycles. The summed E-state index contributed by atoms with van der Waals surface area (Å²) in [5.74, 6) is 4.19. The third kappa shape index (κ3) is 0.917. The predicted molar refractivity (Wildman–Crippen MR) is 37.6 cm³/mol. The molecular formula is C5H6OSe2. The number of rotatable bonds is 2. The average molecular weight is 240 g/mol. The molecule has 0 saturated carbocycles. The second-order valence-corrected chi connectivity index (χ2v) is 4.82. The molecule has 0 fully saturated rings. The van der Waals surface area contributed by atoms with E-state index in [2.05, 4.69) is 11.6 Å². The third-order valence-electron chi connectivity index (χ3n) is 0.964. The predicted octanol–water partition coefficient (Wildman–Crippen LogP) is -1.32. The third-order valence-corrected chi connectivity index (χ3v) is 4.97. The van der Waals surface area contributed by atoms with Crippen LogP contribution in [0.3, 0.4) is 0 Å². The fourth-order valence-corrected chi connectivity index (χ4v) is 4.81. The summed E-state index contributed by atoms with van der Waals surface area (Å²) in [7, 11) is 0. The van der Waals surface area contributed by atoms with Gasteiger partial charge in [0.05, 0.1) is 0 Å². The molecule has 0 atom stereocenters. The summed E-state index contributed by atoms with van der Waals surface area (Å²) >= 11 is 0.953. The van der Waals surface area contributed by atoms with Crippen molar-refractivity contribution in [3.05, 3.63) is 10.2 Å². The maximum atomic E-state index is 10.6. The summed E-state index contributed by atoms with van der Waals surface area (Å²) < 4.78 is 2.33. The molecule has 0 amide bonds. The van der Waals surface area contributed by atoms with Gasteiger partial charge in [0.15, 0.2) is 0 Å². The molecule has 0 aliphatic heterocycles. The standard InChI is InChI=1S/C5H6OSe2/c1-7-4-3(6)5(4)8-2/h1-2H3. The minimum atomic E-state index is 0.384. The van der Waals surface area contributed by atoms with Crippen LogP contribution in [0.1, 0.15) is 0 Å². The Balaban J connectivity index is 2.70. The van der Waals surface area contributed by atoms with Crippen molar-refractivity contribution in [2.45, 2.75) is 11.6 Å². The molecular weight excluding hydrogens is 234 g/mol. The SMILES string of the molecule is C[Se]c1c([Se]C)c1=O. The summed E-state index contributed by atoms with van der Waals surface area (Å²) in [6, 6.07) is 0. The fourth-order valence-electron chi connectivity index (χ4n) is 0.510. The normalized spacial score (nSPS) is 10.8. The van der Waals surface area contributed by atoms with Gasteiger partial charge in [0.25, 0.3) is 0 Å². The van der Waals surface area contributed by atoms with E-state index in [-0.39, 0.29) is 0 Å². The molecule has 0 aliphatic rings. The van der Waals surface area contributed by atoms with Crippen molar-refractivity contribution >= 4 is 38.8 Å². The van der Waals surface area contributed by atoms with Gasteiger partial charge in [-0.1, -0.05) is 0 Å². The van der Waals surface area contributed by atoms with Gasteiger partial charge in [-0.15, -0.1) is 0 Å². The average Bonchev–Trinajstić information content (AvgIpc) is 2.40. The summed E-state index contributed by atoms with van der Waals surface area (Å²) in [6.07, 6.45) is 0. The second-order valence-electron chi connectivity index (χ2n) is 1.40. The van der Waals surface area contributed by atoms with E-state index in [4.69, 9.17) is 0 Å². The minimum absolute atomic E-state index is 0.384. The van der Waals surface area contributed by atoms with Gasteiger partial charge in [0.2, 0.25) is 0 Å². The first-order valence-corrected chi connectivity index (χ1v) is 7.32. The Kier molecular flexibility index (Phi) is 1.94. The Bertz CT molecular complexity index is 178. The summed E-state index contributed by atoms with van der Waals surface area (Å²) in [5.41, 5.74) is 0.384. The van der Waals surface area contributed by atoms with E-state index in [0.717, 1.165) is 0 Å². The molecule has 1 aromatic carbocycles. The van der Waals surface area contributed by atoms with Crippen LogP contribution in [-0.4, -0.2) is 29.9 Å². The monoisotopic (exact) mass is 242 g/mol. The molecule has 44 valence electrons. The first-order valence-electron chi connectivity index (χ1n) is 2.18. The van der Waals surface area contributed by atoms with Crippen LogP contribution in [0.4, 0.5) is 0 Å². The van der Waals surface area contributed by atoms with E-state index in [1.807, 2.05) is 0 Å². The van der Waals surface area contributed by atoms with E-state index in [0.29, 0.717) is 35.3 Å². The molecule has 1 rings (SSSR count). The second kappa shape index (κ2) is 2.36. The van der Waals surface area contributed by atoms with E-state index >= 15 is 0 Å². The van der Waals surface area contributed by atoms with Crippen molar-refractivity contribution in [1.29, 1.82) is 0 Å². The molecule has 1 aromatic rings. The Morgan fingerprint density at radius 2 is 1.50 bits per heavy atom. The molecule has 0 aromatic heterocycles. The number of hydrogen-bond donors (Lipinski definition) is 0. The zero-order chi connectivity index (χ0) is 6.15. The zero-order valence-electron chi connectivity index (χ0n) is 4.72. The molecule has 3 heteroatoms. The van der Waals surface area contributed by atoms with E-state index < -0.39 is 0 Å². The van der Waals surface area contributed by atoms with Crippen molar-refractivity contribution in [1.82, 2.24) is 0 Å². The Morgan fingerprint density at radius 1 is 1.12 bits per heavy atom. The molecule has 0 bridgehead atoms. The van der Waals surface area contributed by atoms with Crippen LogP contribution >= 0.6 is 0 Å². The summed E-state index contributed by atoms with van der Waals surface area (Å²) in [6.45, 7) is 0. The van der Waals surface area contributed by atoms with E-state index in [1.165, 1.54) is 8.92 Å². The van der Waals surface area contributed by atoms with Gasteiger partial charge in [-0.25, -0.2) is 0 Å². The van der Waals surface area contributed by atoms with Crippen LogP contribution < -0.4 is 14.4 Å². The number of hydrogen-bond acceptors (Lipinski definition) is 1. The van der Waals surface area contributed by atoms with Crippen LogP contribution in [0, 0.1) is 0 Å². The zero-order valence-corrected chi connectivity index (χ0v) is 8.15. The molecule has 0 unspecified atom stereocenters. The molecule has 0 radical (unpaired) electrons. The summed E-state index contributed by atoms with van der Waals surface area (Å²) in [4.78, 5) is 10.6. The van der Waals surface area contributed by atoms with Crippen LogP contribution in [0.5, 0.6) is 0 Å². The molecule has 1 nitrogen and oxygen atoms in total. The van der Waals surface area contributed by atoms with Crippen LogP contribution in [0.15, 0.2) is 4.79 Å². The van der Waals surface area contributed by atoms with Gasteiger partial charge >= 0.3 is 60.7 Å². The van der Waals surface area contributed by atoms with Crippen molar-refractivity contribution in [2.75, 3.05) is 0 Å². The van der Waals surface area contributed by atoms with E-state index in [9.17, 15) is 4.79 Å². The molecule has 8 heavy (non-hydrogen) atoms. The van der Waals surface area contributed by atoms with E-state index in [1.54, 1.807) is 0 Å².